The van der Waals surface area contributed by atoms with Crippen molar-refractivity contribution in [2.24, 2.45) is 5.92 Å². The first-order chi connectivity index (χ1) is 14.6. The Hall–Kier alpha value is -2.11. The molecule has 1 amide bonds. The minimum atomic E-state index is -3.66. The number of nitriles is 1. The molecule has 1 aliphatic rings. The molecular formula is C22H23Cl2N3O3S. The van der Waals surface area contributed by atoms with Crippen LogP contribution in [0.3, 0.4) is 0 Å². The fourth-order valence-corrected chi connectivity index (χ4v) is 5.76. The van der Waals surface area contributed by atoms with Gasteiger partial charge >= 0.3 is 0 Å². The van der Waals surface area contributed by atoms with Crippen molar-refractivity contribution in [3.8, 4) is 6.07 Å². The van der Waals surface area contributed by atoms with E-state index in [0.717, 1.165) is 5.56 Å². The molecule has 0 radical (unpaired) electrons. The third-order valence-corrected chi connectivity index (χ3v) is 8.24. The predicted molar refractivity (Wildman–Crippen MR) is 120 cm³/mol. The van der Waals surface area contributed by atoms with E-state index in [1.165, 1.54) is 28.6 Å². The first-order valence-corrected chi connectivity index (χ1v) is 12.1. The molecule has 0 N–H and O–H groups in total. The summed E-state index contributed by atoms with van der Waals surface area (Å²) in [5.41, 5.74) is 1.21. The van der Waals surface area contributed by atoms with Crippen LogP contribution in [0.25, 0.3) is 0 Å². The smallest absolute Gasteiger partial charge is 0.243 e. The Morgan fingerprint density at radius 1 is 1.16 bits per heavy atom. The highest BCUT2D eigenvalue weighted by Crippen LogP contribution is 2.32. The topological polar surface area (TPSA) is 81.5 Å². The number of piperidine rings is 1. The Morgan fingerprint density at radius 2 is 1.77 bits per heavy atom. The Labute approximate surface area is 193 Å². The van der Waals surface area contributed by atoms with Gasteiger partial charge in [0.1, 0.15) is 0 Å². The van der Waals surface area contributed by atoms with Crippen LogP contribution in [0.4, 0.5) is 0 Å². The molecule has 1 heterocycles. The summed E-state index contributed by atoms with van der Waals surface area (Å²) in [5.74, 6) is -0.292. The molecule has 164 valence electrons. The van der Waals surface area contributed by atoms with Gasteiger partial charge in [-0.2, -0.15) is 9.57 Å². The number of benzene rings is 2. The Kier molecular flexibility index (Phi) is 7.28. The molecule has 0 spiro atoms. The van der Waals surface area contributed by atoms with E-state index in [-0.39, 0.29) is 35.9 Å². The zero-order valence-corrected chi connectivity index (χ0v) is 19.6. The normalized spacial score (nSPS) is 16.5. The van der Waals surface area contributed by atoms with Crippen molar-refractivity contribution < 1.29 is 13.2 Å². The lowest BCUT2D eigenvalue weighted by Gasteiger charge is -2.34. The van der Waals surface area contributed by atoms with Gasteiger partial charge in [0.05, 0.1) is 22.6 Å². The fourth-order valence-electron chi connectivity index (χ4n) is 3.72. The van der Waals surface area contributed by atoms with E-state index in [9.17, 15) is 13.2 Å². The number of hydrogen-bond donors (Lipinski definition) is 0. The predicted octanol–water partition coefficient (Wildman–Crippen LogP) is 4.49. The van der Waals surface area contributed by atoms with Crippen molar-refractivity contribution in [2.45, 2.75) is 30.7 Å². The monoisotopic (exact) mass is 479 g/mol. The van der Waals surface area contributed by atoms with Gasteiger partial charge in [0.2, 0.25) is 15.9 Å². The zero-order chi connectivity index (χ0) is 22.8. The van der Waals surface area contributed by atoms with E-state index in [2.05, 4.69) is 0 Å². The van der Waals surface area contributed by atoms with Gasteiger partial charge in [-0.05, 0) is 61.7 Å². The number of carbonyl (C=O) groups is 1. The van der Waals surface area contributed by atoms with E-state index in [0.29, 0.717) is 28.5 Å². The second-order valence-electron chi connectivity index (χ2n) is 7.61. The molecule has 0 aromatic heterocycles. The number of carbonyl (C=O) groups excluding carboxylic acids is 1. The Balaban J connectivity index is 1.65. The molecule has 9 heteroatoms. The summed E-state index contributed by atoms with van der Waals surface area (Å²) in [6.07, 6.45) is 0.888. The van der Waals surface area contributed by atoms with Crippen LogP contribution in [0.15, 0.2) is 47.4 Å². The molecule has 1 aliphatic heterocycles. The van der Waals surface area contributed by atoms with Crippen molar-refractivity contribution in [2.75, 3.05) is 20.1 Å². The van der Waals surface area contributed by atoms with Crippen molar-refractivity contribution in [1.29, 1.82) is 5.26 Å². The molecule has 0 saturated carbocycles. The van der Waals surface area contributed by atoms with E-state index in [4.69, 9.17) is 28.5 Å². The molecule has 1 saturated heterocycles. The van der Waals surface area contributed by atoms with Crippen LogP contribution < -0.4 is 0 Å². The SMILES string of the molecule is CC(c1ccc(Cl)cc1Cl)N(C)C(=O)C1CCN(S(=O)(=O)c2ccc(C#N)cc2)CC1. The molecular weight excluding hydrogens is 457 g/mol. The van der Waals surface area contributed by atoms with Gasteiger partial charge in [0.25, 0.3) is 0 Å². The van der Waals surface area contributed by atoms with Crippen molar-refractivity contribution >= 4 is 39.1 Å². The minimum absolute atomic E-state index is 0.0334. The molecule has 6 nitrogen and oxygen atoms in total. The summed E-state index contributed by atoms with van der Waals surface area (Å²) >= 11 is 12.3. The Morgan fingerprint density at radius 3 is 2.32 bits per heavy atom. The summed E-state index contributed by atoms with van der Waals surface area (Å²) in [4.78, 5) is 14.9. The van der Waals surface area contributed by atoms with Crippen LogP contribution in [0, 0.1) is 17.2 Å². The summed E-state index contributed by atoms with van der Waals surface area (Å²) in [6.45, 7) is 2.43. The molecule has 1 unspecified atom stereocenters. The summed E-state index contributed by atoms with van der Waals surface area (Å²) in [6, 6.07) is 12.8. The lowest BCUT2D eigenvalue weighted by molar-refractivity contribution is -0.137. The first-order valence-electron chi connectivity index (χ1n) is 9.87. The standard InChI is InChI=1S/C22H23Cl2N3O3S/c1-15(20-8-5-18(23)13-21(20)24)26(2)22(28)17-9-11-27(12-10-17)31(29,30)19-6-3-16(14-25)4-7-19/h3-8,13,15,17H,9-12H2,1-2H3. The van der Waals surface area contributed by atoms with Crippen molar-refractivity contribution in [3.05, 3.63) is 63.6 Å². The molecule has 3 rings (SSSR count). The fraction of sp³-hybridized carbons (Fsp3) is 0.364. The quantitative estimate of drug-likeness (QED) is 0.632. The highest BCUT2D eigenvalue weighted by Gasteiger charge is 2.34. The molecule has 2 aromatic rings. The number of nitrogens with zero attached hydrogens (tertiary/aromatic N) is 3. The third kappa shape index (κ3) is 5.04. The van der Waals surface area contributed by atoms with Gasteiger partial charge in [-0.25, -0.2) is 8.42 Å². The van der Waals surface area contributed by atoms with Crippen LogP contribution in [0.2, 0.25) is 10.0 Å². The van der Waals surface area contributed by atoms with E-state index in [1.807, 2.05) is 19.1 Å². The number of hydrogen-bond acceptors (Lipinski definition) is 4. The number of halogens is 2. The van der Waals surface area contributed by atoms with E-state index in [1.54, 1.807) is 24.1 Å². The van der Waals surface area contributed by atoms with Crippen LogP contribution in [-0.4, -0.2) is 43.7 Å². The first kappa shape index (κ1) is 23.6. The highest BCUT2D eigenvalue weighted by molar-refractivity contribution is 7.89. The summed E-state index contributed by atoms with van der Waals surface area (Å²) in [5, 5.41) is 9.92. The second-order valence-corrected chi connectivity index (χ2v) is 10.4. The van der Waals surface area contributed by atoms with Crippen LogP contribution in [0.5, 0.6) is 0 Å². The molecule has 1 atom stereocenters. The van der Waals surface area contributed by atoms with Crippen LogP contribution in [0.1, 0.15) is 36.9 Å². The van der Waals surface area contributed by atoms with Gasteiger partial charge in [-0.15, -0.1) is 0 Å². The number of amides is 1. The molecule has 1 fully saturated rings. The zero-order valence-electron chi connectivity index (χ0n) is 17.3. The van der Waals surface area contributed by atoms with Crippen molar-refractivity contribution in [3.63, 3.8) is 0 Å². The maximum Gasteiger partial charge on any atom is 0.243 e. The second kappa shape index (κ2) is 9.58. The Bertz CT molecular complexity index is 1110. The van der Waals surface area contributed by atoms with E-state index >= 15 is 0 Å². The molecule has 2 aromatic carbocycles. The lowest BCUT2D eigenvalue weighted by atomic mass is 9.95. The maximum absolute atomic E-state index is 13.0. The third-order valence-electron chi connectivity index (χ3n) is 5.77. The summed E-state index contributed by atoms with van der Waals surface area (Å²) in [7, 11) is -1.92. The van der Waals surface area contributed by atoms with Gasteiger partial charge < -0.3 is 4.90 Å². The molecule has 0 aliphatic carbocycles. The molecule has 31 heavy (non-hydrogen) atoms. The van der Waals surface area contributed by atoms with Gasteiger partial charge in [0.15, 0.2) is 0 Å². The largest absolute Gasteiger partial charge is 0.339 e. The highest BCUT2D eigenvalue weighted by atomic mass is 35.5. The number of rotatable bonds is 5. The van der Waals surface area contributed by atoms with Crippen molar-refractivity contribution in [1.82, 2.24) is 9.21 Å². The van der Waals surface area contributed by atoms with Gasteiger partial charge in [-0.3, -0.25) is 4.79 Å². The van der Waals surface area contributed by atoms with Crippen LogP contribution >= 0.6 is 23.2 Å². The van der Waals surface area contributed by atoms with E-state index < -0.39 is 10.0 Å². The van der Waals surface area contributed by atoms with Gasteiger partial charge in [0, 0.05) is 36.1 Å². The number of sulfonamides is 1. The van der Waals surface area contributed by atoms with Gasteiger partial charge in [-0.1, -0.05) is 29.3 Å². The maximum atomic E-state index is 13.0. The van der Waals surface area contributed by atoms with Crippen LogP contribution in [-0.2, 0) is 14.8 Å². The minimum Gasteiger partial charge on any atom is -0.339 e. The molecule has 0 bridgehead atoms. The average Bonchev–Trinajstić information content (AvgIpc) is 2.77. The average molecular weight is 480 g/mol. The summed E-state index contributed by atoms with van der Waals surface area (Å²) < 4.78 is 27.2. The lowest BCUT2D eigenvalue weighted by Crippen LogP contribution is -2.44.